The number of carbonyl (C=O) groups excluding carboxylic acids is 1. The highest BCUT2D eigenvalue weighted by Crippen LogP contribution is 2.20. The van der Waals surface area contributed by atoms with Crippen molar-refractivity contribution in [3.05, 3.63) is 18.2 Å². The molecule has 2 rings (SSSR count). The lowest BCUT2D eigenvalue weighted by Gasteiger charge is -2.29. The zero-order valence-electron chi connectivity index (χ0n) is 11.1. The van der Waals surface area contributed by atoms with Gasteiger partial charge in [0, 0.05) is 32.4 Å². The second-order valence-corrected chi connectivity index (χ2v) is 4.95. The summed E-state index contributed by atoms with van der Waals surface area (Å²) in [4.78, 5) is 16.2. The molecule has 0 radical (unpaired) electrons. The molecule has 2 unspecified atom stereocenters. The molecule has 1 aromatic rings. The van der Waals surface area contributed by atoms with E-state index in [-0.39, 0.29) is 11.9 Å². The Morgan fingerprint density at radius 3 is 3.17 bits per heavy atom. The SMILES string of the molecule is CCNC(=O)C1CC(Cc2nccn2C)CCN1. The number of amides is 1. The molecule has 100 valence electrons. The molecule has 2 atom stereocenters. The maximum absolute atomic E-state index is 11.8. The average Bonchev–Trinajstić information content (AvgIpc) is 2.76. The van der Waals surface area contributed by atoms with Crippen LogP contribution in [0.3, 0.4) is 0 Å². The summed E-state index contributed by atoms with van der Waals surface area (Å²) in [5.74, 6) is 1.78. The van der Waals surface area contributed by atoms with E-state index in [0.29, 0.717) is 12.5 Å². The molecule has 0 saturated carbocycles. The molecular formula is C13H22N4O. The van der Waals surface area contributed by atoms with E-state index in [1.54, 1.807) is 0 Å². The maximum atomic E-state index is 11.8. The molecule has 1 aliphatic rings. The number of nitrogens with zero attached hydrogens (tertiary/aromatic N) is 2. The minimum absolute atomic E-state index is 0.0380. The second kappa shape index (κ2) is 6.00. The average molecular weight is 250 g/mol. The lowest BCUT2D eigenvalue weighted by molar-refractivity contribution is -0.123. The van der Waals surface area contributed by atoms with Gasteiger partial charge >= 0.3 is 0 Å². The van der Waals surface area contributed by atoms with Gasteiger partial charge in [-0.3, -0.25) is 4.79 Å². The van der Waals surface area contributed by atoms with E-state index in [4.69, 9.17) is 0 Å². The van der Waals surface area contributed by atoms with Crippen LogP contribution in [0, 0.1) is 5.92 Å². The van der Waals surface area contributed by atoms with Crippen molar-refractivity contribution in [3.8, 4) is 0 Å². The first-order valence-electron chi connectivity index (χ1n) is 6.68. The van der Waals surface area contributed by atoms with E-state index in [1.807, 2.05) is 26.4 Å². The number of aromatic nitrogens is 2. The van der Waals surface area contributed by atoms with E-state index in [0.717, 1.165) is 31.6 Å². The highest BCUT2D eigenvalue weighted by atomic mass is 16.2. The first-order valence-corrected chi connectivity index (χ1v) is 6.68. The van der Waals surface area contributed by atoms with Gasteiger partial charge in [0.2, 0.25) is 5.91 Å². The van der Waals surface area contributed by atoms with Crippen LogP contribution in [0.2, 0.25) is 0 Å². The van der Waals surface area contributed by atoms with Crippen LogP contribution in [0.1, 0.15) is 25.6 Å². The first kappa shape index (κ1) is 13.1. The van der Waals surface area contributed by atoms with E-state index < -0.39 is 0 Å². The summed E-state index contributed by atoms with van der Waals surface area (Å²) in [6, 6.07) is -0.0380. The Morgan fingerprint density at radius 2 is 2.50 bits per heavy atom. The fourth-order valence-electron chi connectivity index (χ4n) is 2.53. The topological polar surface area (TPSA) is 59.0 Å². The molecule has 5 heteroatoms. The van der Waals surface area contributed by atoms with Gasteiger partial charge in [-0.15, -0.1) is 0 Å². The number of hydrogen-bond donors (Lipinski definition) is 2. The Morgan fingerprint density at radius 1 is 1.67 bits per heavy atom. The largest absolute Gasteiger partial charge is 0.355 e. The highest BCUT2D eigenvalue weighted by molar-refractivity contribution is 5.81. The van der Waals surface area contributed by atoms with Crippen molar-refractivity contribution < 1.29 is 4.79 Å². The van der Waals surface area contributed by atoms with Gasteiger partial charge in [-0.05, 0) is 32.2 Å². The molecule has 1 aliphatic heterocycles. The Hall–Kier alpha value is -1.36. The molecule has 1 aromatic heterocycles. The van der Waals surface area contributed by atoms with Crippen molar-refractivity contribution in [3.63, 3.8) is 0 Å². The van der Waals surface area contributed by atoms with Crippen molar-refractivity contribution in [1.82, 2.24) is 20.2 Å². The lowest BCUT2D eigenvalue weighted by Crippen LogP contribution is -2.49. The molecule has 0 aliphatic carbocycles. The molecule has 1 fully saturated rings. The van der Waals surface area contributed by atoms with E-state index >= 15 is 0 Å². The molecule has 1 amide bonds. The maximum Gasteiger partial charge on any atom is 0.237 e. The predicted octanol–water partition coefficient (Wildman–Crippen LogP) is 0.467. The number of piperidine rings is 1. The van der Waals surface area contributed by atoms with Crippen LogP contribution >= 0.6 is 0 Å². The third kappa shape index (κ3) is 3.10. The fourth-order valence-corrected chi connectivity index (χ4v) is 2.53. The van der Waals surface area contributed by atoms with Crippen molar-refractivity contribution in [2.75, 3.05) is 13.1 Å². The lowest BCUT2D eigenvalue weighted by atomic mass is 9.89. The van der Waals surface area contributed by atoms with E-state index in [9.17, 15) is 4.79 Å². The summed E-state index contributed by atoms with van der Waals surface area (Å²) in [6.45, 7) is 3.56. The Balaban J connectivity index is 1.91. The minimum Gasteiger partial charge on any atom is -0.355 e. The highest BCUT2D eigenvalue weighted by Gasteiger charge is 2.27. The first-order chi connectivity index (χ1) is 8.70. The standard InChI is InChI=1S/C13H22N4O/c1-3-14-13(18)11-8-10(4-5-15-11)9-12-16-6-7-17(12)2/h6-7,10-11,15H,3-5,8-9H2,1-2H3,(H,14,18). The summed E-state index contributed by atoms with van der Waals surface area (Å²) < 4.78 is 2.06. The second-order valence-electron chi connectivity index (χ2n) is 4.95. The summed E-state index contributed by atoms with van der Waals surface area (Å²) in [5.41, 5.74) is 0. The third-order valence-electron chi connectivity index (χ3n) is 3.57. The zero-order valence-corrected chi connectivity index (χ0v) is 11.1. The quantitative estimate of drug-likeness (QED) is 0.816. The Labute approximate surface area is 108 Å². The molecule has 0 aromatic carbocycles. The van der Waals surface area contributed by atoms with Gasteiger partial charge in [-0.1, -0.05) is 0 Å². The number of likely N-dealkylation sites (N-methyl/N-ethyl adjacent to an activating group) is 1. The van der Waals surface area contributed by atoms with Gasteiger partial charge in [0.05, 0.1) is 6.04 Å². The summed E-state index contributed by atoms with van der Waals surface area (Å²) in [6.07, 6.45) is 6.78. The summed E-state index contributed by atoms with van der Waals surface area (Å²) in [7, 11) is 2.02. The van der Waals surface area contributed by atoms with Crippen LogP contribution in [0.15, 0.2) is 12.4 Å². The van der Waals surface area contributed by atoms with E-state index in [2.05, 4.69) is 20.2 Å². The van der Waals surface area contributed by atoms with Crippen molar-refractivity contribution >= 4 is 5.91 Å². The molecule has 2 heterocycles. The summed E-state index contributed by atoms with van der Waals surface area (Å²) >= 11 is 0. The molecular weight excluding hydrogens is 228 g/mol. The van der Waals surface area contributed by atoms with Crippen LogP contribution in [-0.4, -0.2) is 34.6 Å². The van der Waals surface area contributed by atoms with Crippen LogP contribution < -0.4 is 10.6 Å². The van der Waals surface area contributed by atoms with Gasteiger partial charge < -0.3 is 15.2 Å². The minimum atomic E-state index is -0.0380. The van der Waals surface area contributed by atoms with Crippen LogP contribution in [0.4, 0.5) is 0 Å². The van der Waals surface area contributed by atoms with Crippen molar-refractivity contribution in [2.45, 2.75) is 32.2 Å². The molecule has 0 spiro atoms. The monoisotopic (exact) mass is 250 g/mol. The Bertz CT molecular complexity index is 401. The number of imidazole rings is 1. The zero-order chi connectivity index (χ0) is 13.0. The molecule has 18 heavy (non-hydrogen) atoms. The van der Waals surface area contributed by atoms with Gasteiger partial charge in [0.25, 0.3) is 0 Å². The summed E-state index contributed by atoms with van der Waals surface area (Å²) in [5, 5.41) is 6.17. The molecule has 0 bridgehead atoms. The van der Waals surface area contributed by atoms with Gasteiger partial charge in [-0.2, -0.15) is 0 Å². The number of hydrogen-bond acceptors (Lipinski definition) is 3. The molecule has 5 nitrogen and oxygen atoms in total. The smallest absolute Gasteiger partial charge is 0.237 e. The van der Waals surface area contributed by atoms with Crippen LogP contribution in [0.25, 0.3) is 0 Å². The fraction of sp³-hybridized carbons (Fsp3) is 0.692. The van der Waals surface area contributed by atoms with Crippen molar-refractivity contribution in [1.29, 1.82) is 0 Å². The van der Waals surface area contributed by atoms with Gasteiger partial charge in [0.15, 0.2) is 0 Å². The number of carbonyl (C=O) groups is 1. The van der Waals surface area contributed by atoms with Crippen LogP contribution in [0.5, 0.6) is 0 Å². The molecule has 2 N–H and O–H groups in total. The van der Waals surface area contributed by atoms with Gasteiger partial charge in [0.1, 0.15) is 5.82 Å². The predicted molar refractivity (Wildman–Crippen MR) is 70.1 cm³/mol. The van der Waals surface area contributed by atoms with Crippen molar-refractivity contribution in [2.24, 2.45) is 13.0 Å². The third-order valence-corrected chi connectivity index (χ3v) is 3.57. The van der Waals surface area contributed by atoms with E-state index in [1.165, 1.54) is 0 Å². The number of nitrogens with one attached hydrogen (secondary N) is 2. The Kier molecular flexibility index (Phi) is 4.36. The van der Waals surface area contributed by atoms with Gasteiger partial charge in [-0.25, -0.2) is 4.98 Å². The molecule has 1 saturated heterocycles. The number of rotatable bonds is 4. The van der Waals surface area contributed by atoms with Crippen LogP contribution in [-0.2, 0) is 18.3 Å². The number of aryl methyl sites for hydroxylation is 1. The normalized spacial score (nSPS) is 23.9.